The molecule has 2 rings (SSSR count). The lowest BCUT2D eigenvalue weighted by molar-refractivity contribution is -0.119. The van der Waals surface area contributed by atoms with Crippen molar-refractivity contribution in [3.8, 4) is 0 Å². The maximum absolute atomic E-state index is 11.9. The van der Waals surface area contributed by atoms with Gasteiger partial charge in [-0.3, -0.25) is 9.59 Å². The van der Waals surface area contributed by atoms with Crippen molar-refractivity contribution in [1.82, 2.24) is 4.90 Å². The molecular weight excluding hydrogens is 198 g/mol. The first-order chi connectivity index (χ1) is 6.74. The van der Waals surface area contributed by atoms with Crippen LogP contribution in [0.1, 0.15) is 22.2 Å². The Hall–Kier alpha value is -1.16. The van der Waals surface area contributed by atoms with E-state index in [2.05, 4.69) is 0 Å². The highest BCUT2D eigenvalue weighted by Gasteiger charge is 2.27. The number of carbonyl (C=O) groups excluding carboxylic acids is 2. The molecule has 1 aliphatic heterocycles. The van der Waals surface area contributed by atoms with Crippen molar-refractivity contribution in [1.29, 1.82) is 0 Å². The Morgan fingerprint density at radius 1 is 1.64 bits per heavy atom. The van der Waals surface area contributed by atoms with Gasteiger partial charge in [-0.05, 0) is 18.4 Å². The minimum atomic E-state index is -0.316. The Morgan fingerprint density at radius 2 is 2.43 bits per heavy atom. The number of carbonyl (C=O) groups is 2. The van der Waals surface area contributed by atoms with Crippen LogP contribution in [0.2, 0.25) is 0 Å². The number of fused-ring (bicyclic) bond motifs is 1. The van der Waals surface area contributed by atoms with Crippen molar-refractivity contribution in [2.75, 3.05) is 6.54 Å². The number of ketones is 1. The van der Waals surface area contributed by atoms with Gasteiger partial charge in [-0.2, -0.15) is 0 Å². The van der Waals surface area contributed by atoms with E-state index in [0.717, 1.165) is 23.3 Å². The van der Waals surface area contributed by atoms with Crippen LogP contribution in [-0.2, 0) is 11.2 Å². The Bertz CT molecular complexity index is 372. The van der Waals surface area contributed by atoms with E-state index >= 15 is 0 Å². The van der Waals surface area contributed by atoms with E-state index in [0.29, 0.717) is 6.54 Å². The molecule has 1 atom stereocenters. The predicted molar refractivity (Wildman–Crippen MR) is 54.6 cm³/mol. The average Bonchev–Trinajstić information content (AvgIpc) is 2.61. The summed E-state index contributed by atoms with van der Waals surface area (Å²) in [6.45, 7) is 2.42. The van der Waals surface area contributed by atoms with Crippen LogP contribution < -0.4 is 0 Å². The SMILES string of the molecule is CC1C(=O)c2ccsc2CCN1C=O. The fourth-order valence-corrected chi connectivity index (χ4v) is 2.57. The summed E-state index contributed by atoms with van der Waals surface area (Å²) in [7, 11) is 0. The lowest BCUT2D eigenvalue weighted by atomic mass is 10.1. The molecule has 14 heavy (non-hydrogen) atoms. The van der Waals surface area contributed by atoms with Gasteiger partial charge in [0.05, 0.1) is 6.04 Å². The third-order valence-corrected chi connectivity index (χ3v) is 3.60. The summed E-state index contributed by atoms with van der Waals surface area (Å²) in [5, 5.41) is 1.94. The quantitative estimate of drug-likeness (QED) is 0.654. The minimum Gasteiger partial charge on any atom is -0.335 e. The van der Waals surface area contributed by atoms with Gasteiger partial charge in [0.15, 0.2) is 5.78 Å². The minimum absolute atomic E-state index is 0.0610. The lowest BCUT2D eigenvalue weighted by Gasteiger charge is -2.20. The highest BCUT2D eigenvalue weighted by molar-refractivity contribution is 7.10. The van der Waals surface area contributed by atoms with E-state index < -0.39 is 0 Å². The monoisotopic (exact) mass is 209 g/mol. The normalized spacial score (nSPS) is 21.6. The fraction of sp³-hybridized carbons (Fsp3) is 0.400. The predicted octanol–water partition coefficient (Wildman–Crippen LogP) is 1.33. The molecule has 1 amide bonds. The van der Waals surface area contributed by atoms with Crippen molar-refractivity contribution < 1.29 is 9.59 Å². The second-order valence-electron chi connectivity index (χ2n) is 3.39. The molecule has 1 aromatic rings. The first kappa shape index (κ1) is 9.40. The third kappa shape index (κ3) is 1.35. The molecule has 0 radical (unpaired) electrons. The smallest absolute Gasteiger partial charge is 0.210 e. The molecule has 1 aromatic heterocycles. The van der Waals surface area contributed by atoms with Gasteiger partial charge >= 0.3 is 0 Å². The van der Waals surface area contributed by atoms with E-state index in [1.807, 2.05) is 11.4 Å². The number of hydrogen-bond acceptors (Lipinski definition) is 3. The van der Waals surface area contributed by atoms with Crippen molar-refractivity contribution in [2.24, 2.45) is 0 Å². The van der Waals surface area contributed by atoms with Gasteiger partial charge in [0.2, 0.25) is 6.41 Å². The first-order valence-corrected chi connectivity index (χ1v) is 5.43. The van der Waals surface area contributed by atoms with Gasteiger partial charge in [-0.25, -0.2) is 0 Å². The summed E-state index contributed by atoms with van der Waals surface area (Å²) in [6, 6.07) is 1.54. The van der Waals surface area contributed by atoms with Gasteiger partial charge in [0, 0.05) is 23.4 Å². The molecule has 1 aliphatic rings. The van der Waals surface area contributed by atoms with Crippen LogP contribution in [0.4, 0.5) is 0 Å². The van der Waals surface area contributed by atoms with Crippen molar-refractivity contribution >= 4 is 23.5 Å². The molecule has 3 nitrogen and oxygen atoms in total. The van der Waals surface area contributed by atoms with Crippen LogP contribution in [-0.4, -0.2) is 29.7 Å². The van der Waals surface area contributed by atoms with Crippen LogP contribution in [0, 0.1) is 0 Å². The largest absolute Gasteiger partial charge is 0.335 e. The van der Waals surface area contributed by atoms with Crippen LogP contribution >= 0.6 is 11.3 Å². The molecular formula is C10H11NO2S. The summed E-state index contributed by atoms with van der Waals surface area (Å²) in [5.74, 6) is 0.0610. The van der Waals surface area contributed by atoms with Crippen molar-refractivity contribution in [3.63, 3.8) is 0 Å². The summed E-state index contributed by atoms with van der Waals surface area (Å²) >= 11 is 1.59. The Balaban J connectivity index is 2.38. The Morgan fingerprint density at radius 3 is 3.14 bits per heavy atom. The molecule has 0 N–H and O–H groups in total. The fourth-order valence-electron chi connectivity index (χ4n) is 1.70. The van der Waals surface area contributed by atoms with E-state index in [1.165, 1.54) is 0 Å². The van der Waals surface area contributed by atoms with Crippen molar-refractivity contribution in [3.05, 3.63) is 21.9 Å². The molecule has 74 valence electrons. The topological polar surface area (TPSA) is 37.4 Å². The molecule has 0 saturated carbocycles. The second-order valence-corrected chi connectivity index (χ2v) is 4.39. The summed E-state index contributed by atoms with van der Waals surface area (Å²) in [5.41, 5.74) is 0.798. The van der Waals surface area contributed by atoms with E-state index in [-0.39, 0.29) is 11.8 Å². The molecule has 0 spiro atoms. The zero-order valence-corrected chi connectivity index (χ0v) is 8.71. The molecule has 0 bridgehead atoms. The van der Waals surface area contributed by atoms with Crippen molar-refractivity contribution in [2.45, 2.75) is 19.4 Å². The lowest BCUT2D eigenvalue weighted by Crippen LogP contribution is -2.37. The number of hydrogen-bond donors (Lipinski definition) is 0. The summed E-state index contributed by atoms with van der Waals surface area (Å²) in [6.07, 6.45) is 1.56. The van der Waals surface area contributed by atoms with Gasteiger partial charge in [-0.15, -0.1) is 11.3 Å². The number of amides is 1. The maximum atomic E-state index is 11.9. The third-order valence-electron chi connectivity index (χ3n) is 2.62. The van der Waals surface area contributed by atoms with Crippen LogP contribution in [0.3, 0.4) is 0 Å². The highest BCUT2D eigenvalue weighted by atomic mass is 32.1. The average molecular weight is 209 g/mol. The summed E-state index contributed by atoms with van der Waals surface area (Å²) < 4.78 is 0. The van der Waals surface area contributed by atoms with E-state index in [9.17, 15) is 9.59 Å². The number of rotatable bonds is 1. The number of nitrogens with zero attached hydrogens (tertiary/aromatic N) is 1. The molecule has 4 heteroatoms. The molecule has 0 saturated heterocycles. The van der Waals surface area contributed by atoms with Gasteiger partial charge < -0.3 is 4.90 Å². The van der Waals surface area contributed by atoms with Crippen LogP contribution in [0.5, 0.6) is 0 Å². The molecule has 0 aliphatic carbocycles. The standard InChI is InChI=1S/C10H11NO2S/c1-7-10(13)8-3-5-14-9(8)2-4-11(7)6-12/h3,5-7H,2,4H2,1H3. The first-order valence-electron chi connectivity index (χ1n) is 4.55. The van der Waals surface area contributed by atoms with Crippen LogP contribution in [0.15, 0.2) is 11.4 Å². The molecule has 0 fully saturated rings. The van der Waals surface area contributed by atoms with Gasteiger partial charge in [0.1, 0.15) is 0 Å². The van der Waals surface area contributed by atoms with Gasteiger partial charge in [0.25, 0.3) is 0 Å². The molecule has 2 heterocycles. The Kier molecular flexibility index (Phi) is 2.37. The van der Waals surface area contributed by atoms with Gasteiger partial charge in [-0.1, -0.05) is 0 Å². The number of thiophene rings is 1. The van der Waals surface area contributed by atoms with Crippen LogP contribution in [0.25, 0.3) is 0 Å². The van der Waals surface area contributed by atoms with E-state index in [1.54, 1.807) is 23.2 Å². The maximum Gasteiger partial charge on any atom is 0.210 e. The molecule has 1 unspecified atom stereocenters. The molecule has 0 aromatic carbocycles. The highest BCUT2D eigenvalue weighted by Crippen LogP contribution is 2.23. The second kappa shape index (κ2) is 3.53. The Labute approximate surface area is 86.3 Å². The van der Waals surface area contributed by atoms with E-state index in [4.69, 9.17) is 0 Å². The number of Topliss-reactive ketones (excluding diaryl/α,β-unsaturated/α-hetero) is 1. The zero-order valence-electron chi connectivity index (χ0n) is 7.90. The summed E-state index contributed by atoms with van der Waals surface area (Å²) in [4.78, 5) is 25.3. The zero-order chi connectivity index (χ0) is 10.1.